The number of likely N-dealkylation sites (tertiary alicyclic amines) is 1. The Morgan fingerprint density at radius 1 is 1.32 bits per heavy atom. The molecule has 4 heterocycles. The summed E-state index contributed by atoms with van der Waals surface area (Å²) in [5, 5.41) is 10.5. The van der Waals surface area contributed by atoms with Crippen LogP contribution in [-0.4, -0.2) is 34.7 Å². The van der Waals surface area contributed by atoms with Crippen molar-refractivity contribution in [2.75, 3.05) is 19.7 Å². The Bertz CT molecular complexity index is 730. The fraction of sp³-hybridized carbons (Fsp3) is 0.632. The molecule has 4 rings (SSSR count). The van der Waals surface area contributed by atoms with Gasteiger partial charge in [-0.25, -0.2) is 4.98 Å². The lowest BCUT2D eigenvalue weighted by atomic mass is 9.82. The molecule has 4 nitrogen and oxygen atoms in total. The van der Waals surface area contributed by atoms with Crippen LogP contribution in [0.3, 0.4) is 0 Å². The van der Waals surface area contributed by atoms with E-state index < -0.39 is 6.10 Å². The number of aliphatic hydroxyl groups excluding tert-OH is 1. The molecular weight excluding hydrogens is 352 g/mol. The third kappa shape index (κ3) is 3.43. The molecule has 0 amide bonds. The molecule has 0 radical (unpaired) electrons. The van der Waals surface area contributed by atoms with Crippen molar-refractivity contribution in [3.8, 4) is 0 Å². The zero-order valence-electron chi connectivity index (χ0n) is 15.0. The quantitative estimate of drug-likeness (QED) is 0.877. The van der Waals surface area contributed by atoms with Gasteiger partial charge in [0.15, 0.2) is 0 Å². The molecule has 2 aromatic heterocycles. The molecule has 0 aliphatic carbocycles. The summed E-state index contributed by atoms with van der Waals surface area (Å²) in [5.74, 6) is 0. The number of ether oxygens (including phenoxy) is 1. The van der Waals surface area contributed by atoms with Crippen LogP contribution in [0.5, 0.6) is 0 Å². The Balaban J connectivity index is 1.44. The molecule has 1 unspecified atom stereocenters. The predicted molar refractivity (Wildman–Crippen MR) is 102 cm³/mol. The largest absolute Gasteiger partial charge is 0.386 e. The van der Waals surface area contributed by atoms with E-state index in [1.165, 1.54) is 15.3 Å². The van der Waals surface area contributed by atoms with Crippen molar-refractivity contribution < 1.29 is 9.84 Å². The molecule has 2 aromatic rings. The van der Waals surface area contributed by atoms with Gasteiger partial charge in [-0.05, 0) is 37.8 Å². The van der Waals surface area contributed by atoms with Gasteiger partial charge >= 0.3 is 0 Å². The third-order valence-electron chi connectivity index (χ3n) is 5.38. The Hall–Kier alpha value is -0.790. The van der Waals surface area contributed by atoms with Gasteiger partial charge in [0.05, 0.1) is 12.2 Å². The number of aliphatic hydroxyl groups is 1. The molecule has 2 aliphatic heterocycles. The summed E-state index contributed by atoms with van der Waals surface area (Å²) >= 11 is 3.61. The molecule has 0 saturated carbocycles. The number of piperidine rings is 1. The first-order chi connectivity index (χ1) is 12.1. The maximum absolute atomic E-state index is 9.64. The first-order valence-electron chi connectivity index (χ1n) is 9.20. The minimum atomic E-state index is -0.469. The highest BCUT2D eigenvalue weighted by atomic mass is 32.1. The van der Waals surface area contributed by atoms with Crippen LogP contribution in [0, 0.1) is 0 Å². The van der Waals surface area contributed by atoms with Crippen molar-refractivity contribution in [1.29, 1.82) is 0 Å². The van der Waals surface area contributed by atoms with Crippen molar-refractivity contribution in [3.63, 3.8) is 0 Å². The summed E-state index contributed by atoms with van der Waals surface area (Å²) < 4.78 is 6.36. The van der Waals surface area contributed by atoms with Gasteiger partial charge in [0.2, 0.25) is 0 Å². The lowest BCUT2D eigenvalue weighted by molar-refractivity contribution is -0.0980. The van der Waals surface area contributed by atoms with E-state index in [9.17, 15) is 5.11 Å². The number of thiazole rings is 1. The number of rotatable bonds is 4. The number of fused-ring (bicyclic) bond motifs is 2. The van der Waals surface area contributed by atoms with Gasteiger partial charge in [-0.3, -0.25) is 4.90 Å². The van der Waals surface area contributed by atoms with Crippen LogP contribution in [0.1, 0.15) is 58.0 Å². The summed E-state index contributed by atoms with van der Waals surface area (Å²) in [7, 11) is 0. The van der Waals surface area contributed by atoms with E-state index in [1.807, 2.05) is 17.5 Å². The van der Waals surface area contributed by atoms with Crippen molar-refractivity contribution in [1.82, 2.24) is 9.88 Å². The van der Waals surface area contributed by atoms with E-state index in [0.29, 0.717) is 0 Å². The summed E-state index contributed by atoms with van der Waals surface area (Å²) in [6.45, 7) is 7.92. The van der Waals surface area contributed by atoms with Crippen LogP contribution in [-0.2, 0) is 29.7 Å². The molecule has 0 bridgehead atoms. The summed E-state index contributed by atoms with van der Waals surface area (Å²) in [5.41, 5.74) is 1.43. The van der Waals surface area contributed by atoms with E-state index >= 15 is 0 Å². The van der Waals surface area contributed by atoms with Crippen molar-refractivity contribution in [2.45, 2.75) is 57.8 Å². The highest BCUT2D eigenvalue weighted by Crippen LogP contribution is 2.44. The minimum Gasteiger partial charge on any atom is -0.386 e. The zero-order chi connectivity index (χ0) is 17.4. The number of aromatic nitrogens is 1. The second kappa shape index (κ2) is 7.08. The Labute approximate surface area is 157 Å². The second-order valence-corrected chi connectivity index (χ2v) is 9.48. The van der Waals surface area contributed by atoms with Crippen molar-refractivity contribution in [2.24, 2.45) is 0 Å². The molecule has 1 N–H and O–H groups in total. The predicted octanol–water partition coefficient (Wildman–Crippen LogP) is 3.88. The van der Waals surface area contributed by atoms with Crippen molar-refractivity contribution >= 4 is 22.7 Å². The van der Waals surface area contributed by atoms with Gasteiger partial charge in [-0.15, -0.1) is 22.7 Å². The molecule has 136 valence electrons. The van der Waals surface area contributed by atoms with Crippen molar-refractivity contribution in [3.05, 3.63) is 37.5 Å². The number of thiophene rings is 1. The molecule has 1 fully saturated rings. The molecule has 6 heteroatoms. The molecular formula is C19H26N2O2S2. The fourth-order valence-electron chi connectivity index (χ4n) is 3.94. The highest BCUT2D eigenvalue weighted by molar-refractivity contribution is 7.12. The molecule has 1 spiro atoms. The molecule has 0 aromatic carbocycles. The topological polar surface area (TPSA) is 45.6 Å². The lowest BCUT2D eigenvalue weighted by Gasteiger charge is -2.44. The molecule has 25 heavy (non-hydrogen) atoms. The van der Waals surface area contributed by atoms with Gasteiger partial charge in [0, 0.05) is 46.9 Å². The van der Waals surface area contributed by atoms with E-state index in [2.05, 4.69) is 22.9 Å². The smallest absolute Gasteiger partial charge is 0.121 e. The van der Waals surface area contributed by atoms with E-state index in [0.717, 1.165) is 56.9 Å². The summed E-state index contributed by atoms with van der Waals surface area (Å²) in [4.78, 5) is 11.1. The first kappa shape index (κ1) is 17.6. The van der Waals surface area contributed by atoms with Crippen LogP contribution in [0.25, 0.3) is 0 Å². The third-order valence-corrected chi connectivity index (χ3v) is 7.87. The standard InChI is InChI=1S/C19H26N2O2S2/c1-3-14-10-16-17(24-14)4-9-23-19(16)5-7-21(8-6-19)12-15-11-20-18(25-15)13(2)22/h10-11,13,22H,3-9,12H2,1-2H3. The molecule has 2 aliphatic rings. The fourth-order valence-corrected chi connectivity index (χ4v) is 6.02. The Morgan fingerprint density at radius 2 is 2.12 bits per heavy atom. The van der Waals surface area contributed by atoms with E-state index in [1.54, 1.807) is 23.1 Å². The normalized spacial score (nSPS) is 21.4. The van der Waals surface area contributed by atoms with Crippen LogP contribution in [0.2, 0.25) is 0 Å². The molecule has 1 saturated heterocycles. The van der Waals surface area contributed by atoms with Crippen LogP contribution in [0.4, 0.5) is 0 Å². The maximum atomic E-state index is 9.64. The average molecular weight is 379 g/mol. The Kier molecular flexibility index (Phi) is 4.99. The Morgan fingerprint density at radius 3 is 2.80 bits per heavy atom. The van der Waals surface area contributed by atoms with Crippen LogP contribution >= 0.6 is 22.7 Å². The lowest BCUT2D eigenvalue weighted by Crippen LogP contribution is -2.45. The number of hydrogen-bond acceptors (Lipinski definition) is 6. The van der Waals surface area contributed by atoms with Gasteiger partial charge in [-0.2, -0.15) is 0 Å². The van der Waals surface area contributed by atoms with Gasteiger partial charge < -0.3 is 9.84 Å². The average Bonchev–Trinajstić information content (AvgIpc) is 3.24. The van der Waals surface area contributed by atoms with Crippen LogP contribution < -0.4 is 0 Å². The molecule has 1 atom stereocenters. The van der Waals surface area contributed by atoms with Gasteiger partial charge in [0.1, 0.15) is 11.1 Å². The highest BCUT2D eigenvalue weighted by Gasteiger charge is 2.41. The second-order valence-electron chi connectivity index (χ2n) is 7.11. The maximum Gasteiger partial charge on any atom is 0.121 e. The van der Waals surface area contributed by atoms with Crippen LogP contribution in [0.15, 0.2) is 12.3 Å². The van der Waals surface area contributed by atoms with Gasteiger partial charge in [-0.1, -0.05) is 6.92 Å². The SMILES string of the molecule is CCc1cc2c(s1)CCOC21CCN(Cc2cnc(C(C)O)s2)CC1. The number of hydrogen-bond donors (Lipinski definition) is 1. The monoisotopic (exact) mass is 378 g/mol. The van der Waals surface area contributed by atoms with Gasteiger partial charge in [0.25, 0.3) is 0 Å². The summed E-state index contributed by atoms with van der Waals surface area (Å²) in [6.07, 6.45) is 5.79. The number of nitrogens with zero attached hydrogens (tertiary/aromatic N) is 2. The zero-order valence-corrected chi connectivity index (χ0v) is 16.6. The summed E-state index contributed by atoms with van der Waals surface area (Å²) in [6, 6.07) is 2.41. The minimum absolute atomic E-state index is 0.0491. The van der Waals surface area contributed by atoms with E-state index in [-0.39, 0.29) is 5.60 Å². The number of aryl methyl sites for hydroxylation is 1. The van der Waals surface area contributed by atoms with E-state index in [4.69, 9.17) is 4.74 Å². The first-order valence-corrected chi connectivity index (χ1v) is 10.8.